The summed E-state index contributed by atoms with van der Waals surface area (Å²) >= 11 is 0. The van der Waals surface area contributed by atoms with E-state index in [0.29, 0.717) is 6.54 Å². The lowest BCUT2D eigenvalue weighted by molar-refractivity contribution is 0.886. The second-order valence-electron chi connectivity index (χ2n) is 4.78. The number of nitrogens with zero attached hydrogens (tertiary/aromatic N) is 3. The Morgan fingerprint density at radius 3 is 2.74 bits per heavy atom. The average Bonchev–Trinajstić information content (AvgIpc) is 2.91. The van der Waals surface area contributed by atoms with Gasteiger partial charge in [0, 0.05) is 18.3 Å². The van der Waals surface area contributed by atoms with E-state index in [4.69, 9.17) is 5.73 Å². The molecular formula is C14H17N5. The summed E-state index contributed by atoms with van der Waals surface area (Å²) < 4.78 is 2.09. The summed E-state index contributed by atoms with van der Waals surface area (Å²) in [6.45, 7) is 4.44. The largest absolute Gasteiger partial charge is 0.344 e. The van der Waals surface area contributed by atoms with E-state index in [1.54, 1.807) is 0 Å². The van der Waals surface area contributed by atoms with Gasteiger partial charge in [-0.3, -0.25) is 0 Å². The molecule has 2 heterocycles. The van der Waals surface area contributed by atoms with Crippen molar-refractivity contribution < 1.29 is 0 Å². The fraction of sp³-hybridized carbons (Fsp3) is 0.286. The minimum absolute atomic E-state index is 0.422. The van der Waals surface area contributed by atoms with E-state index in [1.807, 2.05) is 20.9 Å². The number of aryl methyl sites for hydroxylation is 3. The zero-order valence-electron chi connectivity index (χ0n) is 11.4. The van der Waals surface area contributed by atoms with E-state index in [-0.39, 0.29) is 0 Å². The molecule has 0 atom stereocenters. The molecule has 0 spiro atoms. The molecule has 0 amide bonds. The molecule has 3 N–H and O–H groups in total. The Morgan fingerprint density at radius 1 is 1.26 bits per heavy atom. The summed E-state index contributed by atoms with van der Waals surface area (Å²) in [6.07, 6.45) is 0. The number of nitrogens with two attached hydrogens (primary N) is 1. The highest BCUT2D eigenvalue weighted by Crippen LogP contribution is 2.25. The van der Waals surface area contributed by atoms with E-state index in [0.717, 1.165) is 39.6 Å². The number of aromatic amines is 1. The van der Waals surface area contributed by atoms with Gasteiger partial charge in [-0.2, -0.15) is 0 Å². The molecule has 19 heavy (non-hydrogen) atoms. The maximum atomic E-state index is 5.61. The Labute approximate surface area is 111 Å². The Morgan fingerprint density at radius 2 is 2.05 bits per heavy atom. The monoisotopic (exact) mass is 255 g/mol. The van der Waals surface area contributed by atoms with Crippen molar-refractivity contribution in [3.63, 3.8) is 0 Å². The molecule has 0 unspecified atom stereocenters. The molecule has 0 aliphatic carbocycles. The fourth-order valence-corrected chi connectivity index (χ4v) is 2.37. The second kappa shape index (κ2) is 4.20. The highest BCUT2D eigenvalue weighted by atomic mass is 15.0. The molecule has 5 nitrogen and oxygen atoms in total. The van der Waals surface area contributed by atoms with Crippen LogP contribution >= 0.6 is 0 Å². The third kappa shape index (κ3) is 1.82. The lowest BCUT2D eigenvalue weighted by Crippen LogP contribution is -1.97. The number of hydrogen-bond acceptors (Lipinski definition) is 3. The first-order chi connectivity index (χ1) is 9.10. The maximum absolute atomic E-state index is 5.61. The van der Waals surface area contributed by atoms with Crippen molar-refractivity contribution in [1.29, 1.82) is 0 Å². The minimum atomic E-state index is 0.422. The van der Waals surface area contributed by atoms with Crippen LogP contribution in [0.4, 0.5) is 0 Å². The molecule has 0 aliphatic heterocycles. The van der Waals surface area contributed by atoms with Gasteiger partial charge in [-0.25, -0.2) is 9.97 Å². The molecule has 0 saturated heterocycles. The van der Waals surface area contributed by atoms with Gasteiger partial charge in [0.2, 0.25) is 0 Å². The molecule has 0 aliphatic rings. The van der Waals surface area contributed by atoms with Crippen molar-refractivity contribution >= 4 is 11.0 Å². The Balaban J connectivity index is 2.17. The number of rotatable bonds is 2. The van der Waals surface area contributed by atoms with Crippen molar-refractivity contribution in [3.8, 4) is 11.3 Å². The predicted octanol–water partition coefficient (Wildman–Crippen LogP) is 2.04. The van der Waals surface area contributed by atoms with E-state index in [2.05, 4.69) is 37.7 Å². The Kier molecular flexibility index (Phi) is 2.64. The highest BCUT2D eigenvalue weighted by Gasteiger charge is 2.11. The summed E-state index contributed by atoms with van der Waals surface area (Å²) in [5.74, 6) is 1.82. The molecule has 0 bridgehead atoms. The predicted molar refractivity (Wildman–Crippen MR) is 75.7 cm³/mol. The molecule has 1 aromatic carbocycles. The summed E-state index contributed by atoms with van der Waals surface area (Å²) in [7, 11) is 2.02. The van der Waals surface area contributed by atoms with Gasteiger partial charge in [0.05, 0.1) is 23.3 Å². The van der Waals surface area contributed by atoms with Crippen LogP contribution in [0.2, 0.25) is 0 Å². The zero-order valence-corrected chi connectivity index (χ0v) is 11.4. The first-order valence-electron chi connectivity index (χ1n) is 6.29. The quantitative estimate of drug-likeness (QED) is 0.736. The molecule has 0 saturated carbocycles. The number of imidazole rings is 2. The summed E-state index contributed by atoms with van der Waals surface area (Å²) in [4.78, 5) is 12.3. The van der Waals surface area contributed by atoms with Gasteiger partial charge in [-0.1, -0.05) is 6.07 Å². The van der Waals surface area contributed by atoms with Gasteiger partial charge in [-0.15, -0.1) is 0 Å². The summed E-state index contributed by atoms with van der Waals surface area (Å²) in [5.41, 5.74) is 10.8. The van der Waals surface area contributed by atoms with Crippen molar-refractivity contribution in [2.45, 2.75) is 20.4 Å². The van der Waals surface area contributed by atoms with Gasteiger partial charge >= 0.3 is 0 Å². The number of benzene rings is 1. The Bertz CT molecular complexity index is 751. The lowest BCUT2D eigenvalue weighted by Gasteiger charge is -2.00. The molecular weight excluding hydrogens is 238 g/mol. The zero-order chi connectivity index (χ0) is 13.6. The molecule has 3 aromatic rings. The first-order valence-corrected chi connectivity index (χ1v) is 6.29. The van der Waals surface area contributed by atoms with Crippen LogP contribution in [0.1, 0.15) is 17.3 Å². The molecule has 98 valence electrons. The van der Waals surface area contributed by atoms with Crippen LogP contribution in [0.15, 0.2) is 18.2 Å². The van der Waals surface area contributed by atoms with Crippen LogP contribution in [-0.2, 0) is 13.6 Å². The number of aromatic nitrogens is 4. The van der Waals surface area contributed by atoms with Gasteiger partial charge in [0.1, 0.15) is 11.6 Å². The summed E-state index contributed by atoms with van der Waals surface area (Å²) in [5, 5.41) is 0. The second-order valence-corrected chi connectivity index (χ2v) is 4.78. The van der Waals surface area contributed by atoms with E-state index in [9.17, 15) is 0 Å². The van der Waals surface area contributed by atoms with Crippen molar-refractivity contribution in [3.05, 3.63) is 35.5 Å². The smallest absolute Gasteiger partial charge is 0.120 e. The minimum Gasteiger partial charge on any atom is -0.344 e. The van der Waals surface area contributed by atoms with Crippen molar-refractivity contribution in [2.24, 2.45) is 12.8 Å². The van der Waals surface area contributed by atoms with Crippen LogP contribution in [0, 0.1) is 13.8 Å². The van der Waals surface area contributed by atoms with E-state index in [1.165, 1.54) is 0 Å². The fourth-order valence-electron chi connectivity index (χ4n) is 2.37. The molecule has 5 heteroatoms. The maximum Gasteiger partial charge on any atom is 0.120 e. The van der Waals surface area contributed by atoms with Crippen molar-refractivity contribution in [1.82, 2.24) is 19.5 Å². The molecule has 2 aromatic heterocycles. The SMILES string of the molecule is Cc1[nH]c(CN)nc1-c1ccc2c(c1)nc(C)n2C. The van der Waals surface area contributed by atoms with Crippen LogP contribution < -0.4 is 5.73 Å². The van der Waals surface area contributed by atoms with Crippen LogP contribution in [-0.4, -0.2) is 19.5 Å². The topological polar surface area (TPSA) is 72.5 Å². The van der Waals surface area contributed by atoms with E-state index < -0.39 is 0 Å². The van der Waals surface area contributed by atoms with Crippen LogP contribution in [0.5, 0.6) is 0 Å². The standard InChI is InChI=1S/C14H17N5/c1-8-14(18-13(7-15)16-8)10-4-5-12-11(6-10)17-9(2)19(12)3/h4-6H,7,15H2,1-3H3,(H,16,18). The first kappa shape index (κ1) is 11.9. The number of H-pyrrole nitrogens is 1. The van der Waals surface area contributed by atoms with Crippen molar-refractivity contribution in [2.75, 3.05) is 0 Å². The normalized spacial score (nSPS) is 11.4. The average molecular weight is 255 g/mol. The van der Waals surface area contributed by atoms with Gasteiger partial charge in [0.15, 0.2) is 0 Å². The molecule has 3 rings (SSSR count). The Hall–Kier alpha value is -2.14. The van der Waals surface area contributed by atoms with Crippen LogP contribution in [0.3, 0.4) is 0 Å². The van der Waals surface area contributed by atoms with Gasteiger partial charge < -0.3 is 15.3 Å². The van der Waals surface area contributed by atoms with E-state index >= 15 is 0 Å². The highest BCUT2D eigenvalue weighted by molar-refractivity contribution is 5.82. The number of hydrogen-bond donors (Lipinski definition) is 2. The van der Waals surface area contributed by atoms with Gasteiger partial charge in [-0.05, 0) is 26.0 Å². The number of nitrogens with one attached hydrogen (secondary N) is 1. The van der Waals surface area contributed by atoms with Crippen LogP contribution in [0.25, 0.3) is 22.3 Å². The number of fused-ring (bicyclic) bond motifs is 1. The lowest BCUT2D eigenvalue weighted by atomic mass is 10.1. The third-order valence-corrected chi connectivity index (χ3v) is 3.50. The van der Waals surface area contributed by atoms with Gasteiger partial charge in [0.25, 0.3) is 0 Å². The summed E-state index contributed by atoms with van der Waals surface area (Å²) in [6, 6.07) is 6.24. The molecule has 0 fully saturated rings. The third-order valence-electron chi connectivity index (χ3n) is 3.50. The molecule has 0 radical (unpaired) electrons.